The zero-order chi connectivity index (χ0) is 22.7. The molecule has 0 saturated carbocycles. The average Bonchev–Trinajstić information content (AvgIpc) is 2.71. The molecule has 2 aromatic heterocycles. The second kappa shape index (κ2) is 12.4. The zero-order valence-electron chi connectivity index (χ0n) is 21.3. The highest BCUT2D eigenvalue weighted by Crippen LogP contribution is 2.21. The highest BCUT2D eigenvalue weighted by molar-refractivity contribution is 5.18. The van der Waals surface area contributed by atoms with Crippen molar-refractivity contribution in [3.8, 4) is 0 Å². The van der Waals surface area contributed by atoms with Gasteiger partial charge in [0.15, 0.2) is 24.8 Å². The Balaban J connectivity index is 1.44. The highest BCUT2D eigenvalue weighted by Gasteiger charge is 2.15. The van der Waals surface area contributed by atoms with Crippen LogP contribution in [0.1, 0.15) is 110 Å². The quantitative estimate of drug-likeness (QED) is 0.254. The van der Waals surface area contributed by atoms with E-state index >= 15 is 0 Å². The summed E-state index contributed by atoms with van der Waals surface area (Å²) < 4.78 is 4.67. The zero-order valence-corrected chi connectivity index (χ0v) is 21.3. The van der Waals surface area contributed by atoms with E-state index in [0.29, 0.717) is 0 Å². The Kier molecular flexibility index (Phi) is 10.2. The first-order valence-corrected chi connectivity index (χ1v) is 12.7. The number of hydrogen-bond donors (Lipinski definition) is 0. The molecule has 0 unspecified atom stereocenters. The van der Waals surface area contributed by atoms with Crippen LogP contribution in [0.2, 0.25) is 0 Å². The van der Waals surface area contributed by atoms with E-state index in [-0.39, 0.29) is 10.8 Å². The molecule has 0 radical (unpaired) electrons. The van der Waals surface area contributed by atoms with E-state index in [4.69, 9.17) is 0 Å². The van der Waals surface area contributed by atoms with Gasteiger partial charge in [-0.05, 0) is 34.8 Å². The molecule has 0 fully saturated rings. The maximum atomic E-state index is 2.34. The molecule has 2 rings (SSSR count). The summed E-state index contributed by atoms with van der Waals surface area (Å²) in [5, 5.41) is 0. The highest BCUT2D eigenvalue weighted by atomic mass is 14.9. The van der Waals surface area contributed by atoms with Crippen molar-refractivity contribution in [2.45, 2.75) is 123 Å². The van der Waals surface area contributed by atoms with Crippen LogP contribution < -0.4 is 9.13 Å². The SMILES string of the molecule is CC(C)(C)c1cc[n+](CCCCCCCCCCC[n+]2ccc(C(C)(C)C)cc2)cc1. The van der Waals surface area contributed by atoms with Crippen molar-refractivity contribution in [3.63, 3.8) is 0 Å². The largest absolute Gasteiger partial charge is 0.205 e. The van der Waals surface area contributed by atoms with E-state index in [1.807, 2.05) is 0 Å². The fraction of sp³-hybridized carbons (Fsp3) is 0.655. The van der Waals surface area contributed by atoms with Gasteiger partial charge in [0.2, 0.25) is 0 Å². The van der Waals surface area contributed by atoms with Crippen LogP contribution in [0.25, 0.3) is 0 Å². The lowest BCUT2D eigenvalue weighted by atomic mass is 9.88. The molecule has 0 saturated heterocycles. The molecule has 172 valence electrons. The maximum Gasteiger partial charge on any atom is 0.169 e. The molecule has 2 heteroatoms. The predicted molar refractivity (Wildman–Crippen MR) is 132 cm³/mol. The summed E-state index contributed by atoms with van der Waals surface area (Å²) in [6.45, 7) is 16.0. The molecule has 0 amide bonds. The van der Waals surface area contributed by atoms with Gasteiger partial charge in [0, 0.05) is 37.1 Å². The summed E-state index contributed by atoms with van der Waals surface area (Å²) in [6.07, 6.45) is 21.3. The van der Waals surface area contributed by atoms with Gasteiger partial charge < -0.3 is 0 Å². The Hall–Kier alpha value is -1.70. The number of aromatic nitrogens is 2. The Bertz CT molecular complexity index is 665. The molecular weight excluding hydrogens is 376 g/mol. The van der Waals surface area contributed by atoms with Crippen LogP contribution in [0.4, 0.5) is 0 Å². The third-order valence-electron chi connectivity index (χ3n) is 6.35. The Morgan fingerprint density at radius 1 is 0.452 bits per heavy atom. The van der Waals surface area contributed by atoms with Gasteiger partial charge in [0.25, 0.3) is 0 Å². The van der Waals surface area contributed by atoms with Gasteiger partial charge in [-0.3, -0.25) is 0 Å². The van der Waals surface area contributed by atoms with E-state index in [9.17, 15) is 0 Å². The molecule has 0 spiro atoms. The number of pyridine rings is 2. The van der Waals surface area contributed by atoms with Gasteiger partial charge in [-0.15, -0.1) is 0 Å². The van der Waals surface area contributed by atoms with Crippen LogP contribution in [-0.2, 0) is 23.9 Å². The van der Waals surface area contributed by atoms with Crippen molar-refractivity contribution in [2.24, 2.45) is 0 Å². The fourth-order valence-electron chi connectivity index (χ4n) is 4.04. The molecule has 0 N–H and O–H groups in total. The van der Waals surface area contributed by atoms with E-state index in [1.165, 1.54) is 68.9 Å². The van der Waals surface area contributed by atoms with E-state index in [2.05, 4.69) is 99.7 Å². The van der Waals surface area contributed by atoms with Crippen LogP contribution in [0.5, 0.6) is 0 Å². The summed E-state index contributed by atoms with van der Waals surface area (Å²) in [7, 11) is 0. The van der Waals surface area contributed by atoms with Crippen molar-refractivity contribution in [3.05, 3.63) is 60.2 Å². The van der Waals surface area contributed by atoms with Crippen molar-refractivity contribution >= 4 is 0 Å². The Labute approximate surface area is 192 Å². The molecule has 2 heterocycles. The van der Waals surface area contributed by atoms with Gasteiger partial charge in [-0.1, -0.05) is 73.6 Å². The molecule has 0 atom stereocenters. The number of rotatable bonds is 12. The van der Waals surface area contributed by atoms with E-state index in [0.717, 1.165) is 13.1 Å². The monoisotopic (exact) mass is 424 g/mol. The third-order valence-corrected chi connectivity index (χ3v) is 6.35. The predicted octanol–water partition coefficient (Wildman–Crippen LogP) is 7.07. The topological polar surface area (TPSA) is 7.76 Å². The van der Waals surface area contributed by atoms with Gasteiger partial charge in [0.1, 0.15) is 13.1 Å². The number of unbranched alkanes of at least 4 members (excludes halogenated alkanes) is 8. The van der Waals surface area contributed by atoms with Crippen LogP contribution in [0.3, 0.4) is 0 Å². The molecule has 31 heavy (non-hydrogen) atoms. The second-order valence-electron chi connectivity index (χ2n) is 11.3. The van der Waals surface area contributed by atoms with Crippen molar-refractivity contribution in [2.75, 3.05) is 0 Å². The van der Waals surface area contributed by atoms with Crippen LogP contribution in [0, 0.1) is 0 Å². The van der Waals surface area contributed by atoms with Crippen LogP contribution in [-0.4, -0.2) is 0 Å². The molecule has 0 aliphatic carbocycles. The first-order valence-electron chi connectivity index (χ1n) is 12.7. The first-order chi connectivity index (χ1) is 14.7. The second-order valence-corrected chi connectivity index (χ2v) is 11.3. The molecule has 2 aromatic rings. The van der Waals surface area contributed by atoms with Gasteiger partial charge in [-0.2, -0.15) is 0 Å². The lowest BCUT2D eigenvalue weighted by Crippen LogP contribution is -2.33. The minimum Gasteiger partial charge on any atom is -0.205 e. The molecular formula is C29H48N2+2. The van der Waals surface area contributed by atoms with E-state index in [1.54, 1.807) is 0 Å². The Morgan fingerprint density at radius 2 is 0.710 bits per heavy atom. The van der Waals surface area contributed by atoms with Crippen LogP contribution in [0.15, 0.2) is 49.1 Å². The minimum absolute atomic E-state index is 0.246. The number of nitrogens with zero attached hydrogens (tertiary/aromatic N) is 2. The normalized spacial score (nSPS) is 12.3. The first kappa shape index (κ1) is 25.6. The molecule has 2 nitrogen and oxygen atoms in total. The standard InChI is InChI=1S/C29H48N2/c1-28(2,3)26-16-22-30(23-17-26)20-14-12-10-8-7-9-11-13-15-21-31-24-18-27(19-25-31)29(4,5)6/h16-19,22-25H,7-15,20-21H2,1-6H3/q+2. The molecule has 0 aliphatic rings. The fourth-order valence-corrected chi connectivity index (χ4v) is 4.04. The lowest BCUT2D eigenvalue weighted by molar-refractivity contribution is -0.697. The summed E-state index contributed by atoms with van der Waals surface area (Å²) in [6, 6.07) is 9.11. The third kappa shape index (κ3) is 9.97. The van der Waals surface area contributed by atoms with Crippen molar-refractivity contribution < 1.29 is 9.13 Å². The minimum atomic E-state index is 0.246. The smallest absolute Gasteiger partial charge is 0.169 e. The summed E-state index contributed by atoms with van der Waals surface area (Å²) in [5.74, 6) is 0. The summed E-state index contributed by atoms with van der Waals surface area (Å²) >= 11 is 0. The van der Waals surface area contributed by atoms with E-state index < -0.39 is 0 Å². The maximum absolute atomic E-state index is 2.34. The molecule has 0 bridgehead atoms. The Morgan fingerprint density at radius 3 is 0.968 bits per heavy atom. The summed E-state index contributed by atoms with van der Waals surface area (Å²) in [4.78, 5) is 0. The molecule has 0 aromatic carbocycles. The number of hydrogen-bond acceptors (Lipinski definition) is 0. The van der Waals surface area contributed by atoms with Crippen molar-refractivity contribution in [1.29, 1.82) is 0 Å². The summed E-state index contributed by atoms with van der Waals surface area (Å²) in [5.41, 5.74) is 3.33. The average molecular weight is 425 g/mol. The number of aryl methyl sites for hydroxylation is 2. The van der Waals surface area contributed by atoms with Gasteiger partial charge in [0.05, 0.1) is 0 Å². The lowest BCUT2D eigenvalue weighted by Gasteiger charge is -2.17. The van der Waals surface area contributed by atoms with Gasteiger partial charge >= 0.3 is 0 Å². The van der Waals surface area contributed by atoms with Crippen molar-refractivity contribution in [1.82, 2.24) is 0 Å². The van der Waals surface area contributed by atoms with Crippen LogP contribution >= 0.6 is 0 Å². The van der Waals surface area contributed by atoms with Gasteiger partial charge in [-0.25, -0.2) is 9.13 Å². The molecule has 0 aliphatic heterocycles.